The number of ether oxygens (including phenoxy) is 1. The zero-order valence-electron chi connectivity index (χ0n) is 11.8. The van der Waals surface area contributed by atoms with Gasteiger partial charge in [-0.05, 0) is 18.2 Å². The molecule has 0 atom stereocenters. The van der Waals surface area contributed by atoms with Gasteiger partial charge in [-0.2, -0.15) is 11.8 Å². The number of hydrogen-bond acceptors (Lipinski definition) is 5. The lowest BCUT2D eigenvalue weighted by atomic mass is 10.3. The molecule has 0 amide bonds. The van der Waals surface area contributed by atoms with E-state index in [1.54, 1.807) is 7.11 Å². The van der Waals surface area contributed by atoms with Gasteiger partial charge in [0.1, 0.15) is 5.01 Å². The number of methoxy groups -OCH3 is 1. The number of hydrogen-bond donors (Lipinski definition) is 1. The van der Waals surface area contributed by atoms with Gasteiger partial charge in [0.25, 0.3) is 0 Å². The van der Waals surface area contributed by atoms with Gasteiger partial charge in [0, 0.05) is 24.3 Å². The van der Waals surface area contributed by atoms with E-state index in [0.717, 1.165) is 30.5 Å². The summed E-state index contributed by atoms with van der Waals surface area (Å²) in [6.45, 7) is 9.13. The van der Waals surface area contributed by atoms with Crippen LogP contribution < -0.4 is 5.32 Å². The molecule has 0 aromatic carbocycles. The number of aromatic nitrogens is 1. The van der Waals surface area contributed by atoms with Gasteiger partial charge in [-0.25, -0.2) is 4.98 Å². The van der Waals surface area contributed by atoms with E-state index in [1.165, 1.54) is 15.6 Å². The van der Waals surface area contributed by atoms with Crippen LogP contribution in [0.25, 0.3) is 0 Å². The summed E-state index contributed by atoms with van der Waals surface area (Å²) in [5.74, 6) is 2.96. The maximum atomic E-state index is 5.21. The molecule has 0 aliphatic rings. The predicted octanol–water partition coefficient (Wildman–Crippen LogP) is 3.29. The van der Waals surface area contributed by atoms with Crippen LogP contribution in [0, 0.1) is 5.92 Å². The quantitative estimate of drug-likeness (QED) is 0.756. The van der Waals surface area contributed by atoms with Crippen molar-refractivity contribution in [3.05, 3.63) is 15.6 Å². The Morgan fingerprint density at radius 1 is 1.44 bits per heavy atom. The Balaban J connectivity index is 2.56. The van der Waals surface area contributed by atoms with E-state index in [9.17, 15) is 0 Å². The van der Waals surface area contributed by atoms with Crippen molar-refractivity contribution in [1.82, 2.24) is 10.3 Å². The van der Waals surface area contributed by atoms with Crippen molar-refractivity contribution in [2.24, 2.45) is 5.92 Å². The smallest absolute Gasteiger partial charge is 0.103 e. The monoisotopic (exact) mass is 288 g/mol. The van der Waals surface area contributed by atoms with Crippen LogP contribution in [0.4, 0.5) is 0 Å². The SMILES string of the molecule is CCNCc1sc(CSCC(C)C)nc1COC. The molecule has 1 aromatic heterocycles. The van der Waals surface area contributed by atoms with Crippen LogP contribution in [0.2, 0.25) is 0 Å². The lowest BCUT2D eigenvalue weighted by Crippen LogP contribution is -2.12. The molecule has 3 nitrogen and oxygen atoms in total. The van der Waals surface area contributed by atoms with Crippen LogP contribution in [-0.4, -0.2) is 24.4 Å². The molecule has 0 bridgehead atoms. The number of thioether (sulfide) groups is 1. The Morgan fingerprint density at radius 3 is 2.83 bits per heavy atom. The average Bonchev–Trinajstić information content (AvgIpc) is 2.69. The third-order valence-corrected chi connectivity index (χ3v) is 4.98. The number of thiazole rings is 1. The first-order valence-electron chi connectivity index (χ1n) is 6.42. The highest BCUT2D eigenvalue weighted by atomic mass is 32.2. The first kappa shape index (κ1) is 16.0. The topological polar surface area (TPSA) is 34.2 Å². The van der Waals surface area contributed by atoms with Crippen LogP contribution in [0.15, 0.2) is 0 Å². The normalized spacial score (nSPS) is 11.4. The number of nitrogens with one attached hydrogen (secondary N) is 1. The van der Waals surface area contributed by atoms with E-state index in [-0.39, 0.29) is 0 Å². The largest absolute Gasteiger partial charge is 0.378 e. The Labute approximate surface area is 119 Å². The van der Waals surface area contributed by atoms with Gasteiger partial charge in [-0.1, -0.05) is 20.8 Å². The fourth-order valence-corrected chi connectivity index (χ4v) is 3.66. The Kier molecular flexibility index (Phi) is 7.90. The molecule has 1 aromatic rings. The maximum absolute atomic E-state index is 5.21. The van der Waals surface area contributed by atoms with Crippen LogP contribution >= 0.6 is 23.1 Å². The highest BCUT2D eigenvalue weighted by Gasteiger charge is 2.10. The molecule has 0 radical (unpaired) electrons. The summed E-state index contributed by atoms with van der Waals surface area (Å²) < 4.78 is 5.21. The fourth-order valence-electron chi connectivity index (χ4n) is 1.51. The molecule has 5 heteroatoms. The molecule has 0 fully saturated rings. The van der Waals surface area contributed by atoms with Crippen LogP contribution in [0.3, 0.4) is 0 Å². The van der Waals surface area contributed by atoms with Crippen molar-refractivity contribution in [1.29, 1.82) is 0 Å². The standard InChI is InChI=1S/C13H24N2OS2/c1-5-14-6-12-11(7-16-4)15-13(18-12)9-17-8-10(2)3/h10,14H,5-9H2,1-4H3. The van der Waals surface area contributed by atoms with Crippen LogP contribution in [0.1, 0.15) is 36.3 Å². The van der Waals surface area contributed by atoms with Gasteiger partial charge < -0.3 is 10.1 Å². The Bertz CT molecular complexity index is 340. The Hall–Kier alpha value is -0.100. The van der Waals surface area contributed by atoms with Gasteiger partial charge in [0.05, 0.1) is 12.3 Å². The first-order valence-corrected chi connectivity index (χ1v) is 8.39. The highest BCUT2D eigenvalue weighted by Crippen LogP contribution is 2.24. The molecule has 1 heterocycles. The fraction of sp³-hybridized carbons (Fsp3) is 0.769. The summed E-state index contributed by atoms with van der Waals surface area (Å²) in [7, 11) is 1.73. The maximum Gasteiger partial charge on any atom is 0.103 e. The minimum absolute atomic E-state index is 0.617. The molecular formula is C13H24N2OS2. The zero-order valence-corrected chi connectivity index (χ0v) is 13.4. The van der Waals surface area contributed by atoms with Crippen molar-refractivity contribution in [2.75, 3.05) is 19.4 Å². The minimum Gasteiger partial charge on any atom is -0.378 e. The van der Waals surface area contributed by atoms with Crippen LogP contribution in [-0.2, 0) is 23.6 Å². The summed E-state index contributed by atoms with van der Waals surface area (Å²) in [4.78, 5) is 6.00. The van der Waals surface area contributed by atoms with Crippen molar-refractivity contribution in [3.63, 3.8) is 0 Å². The molecule has 104 valence electrons. The third kappa shape index (κ3) is 5.69. The summed E-state index contributed by atoms with van der Waals surface area (Å²) in [5, 5.41) is 4.58. The second-order valence-electron chi connectivity index (χ2n) is 4.60. The number of rotatable bonds is 9. The minimum atomic E-state index is 0.617. The van der Waals surface area contributed by atoms with E-state index < -0.39 is 0 Å². The van der Waals surface area contributed by atoms with Gasteiger partial charge in [0.2, 0.25) is 0 Å². The van der Waals surface area contributed by atoms with E-state index in [1.807, 2.05) is 23.1 Å². The molecule has 0 spiro atoms. The molecule has 0 aliphatic heterocycles. The number of nitrogens with zero attached hydrogens (tertiary/aromatic N) is 1. The second kappa shape index (κ2) is 8.91. The van der Waals surface area contributed by atoms with Gasteiger partial charge in [-0.3, -0.25) is 0 Å². The third-order valence-electron chi connectivity index (χ3n) is 2.32. The van der Waals surface area contributed by atoms with Gasteiger partial charge >= 0.3 is 0 Å². The summed E-state index contributed by atoms with van der Waals surface area (Å²) in [5.41, 5.74) is 1.10. The molecular weight excluding hydrogens is 264 g/mol. The molecule has 0 aliphatic carbocycles. The summed E-state index contributed by atoms with van der Waals surface area (Å²) >= 11 is 3.78. The van der Waals surface area contributed by atoms with Crippen molar-refractivity contribution in [2.45, 2.75) is 39.7 Å². The highest BCUT2D eigenvalue weighted by molar-refractivity contribution is 7.98. The Morgan fingerprint density at radius 2 is 2.22 bits per heavy atom. The van der Waals surface area contributed by atoms with E-state index in [4.69, 9.17) is 4.74 Å². The molecule has 0 saturated heterocycles. The lowest BCUT2D eigenvalue weighted by Gasteiger charge is -2.01. The lowest BCUT2D eigenvalue weighted by molar-refractivity contribution is 0.181. The van der Waals surface area contributed by atoms with E-state index in [0.29, 0.717) is 6.61 Å². The second-order valence-corrected chi connectivity index (χ2v) is 6.80. The molecule has 0 saturated carbocycles. The average molecular weight is 288 g/mol. The van der Waals surface area contributed by atoms with Crippen molar-refractivity contribution >= 4 is 23.1 Å². The predicted molar refractivity (Wildman–Crippen MR) is 81.2 cm³/mol. The van der Waals surface area contributed by atoms with E-state index in [2.05, 4.69) is 31.1 Å². The summed E-state index contributed by atoms with van der Waals surface area (Å²) in [6, 6.07) is 0. The first-order chi connectivity index (χ1) is 8.67. The van der Waals surface area contributed by atoms with E-state index >= 15 is 0 Å². The zero-order chi connectivity index (χ0) is 13.4. The molecule has 1 N–H and O–H groups in total. The van der Waals surface area contributed by atoms with Crippen molar-refractivity contribution < 1.29 is 4.74 Å². The van der Waals surface area contributed by atoms with Crippen LogP contribution in [0.5, 0.6) is 0 Å². The van der Waals surface area contributed by atoms with Gasteiger partial charge in [-0.15, -0.1) is 11.3 Å². The summed E-state index contributed by atoms with van der Waals surface area (Å²) in [6.07, 6.45) is 0. The molecule has 18 heavy (non-hydrogen) atoms. The molecule has 0 unspecified atom stereocenters. The van der Waals surface area contributed by atoms with Crippen molar-refractivity contribution in [3.8, 4) is 0 Å². The molecule has 1 rings (SSSR count). The van der Waals surface area contributed by atoms with Gasteiger partial charge in [0.15, 0.2) is 0 Å².